The number of nitrogens with one attached hydrogen (secondary N) is 1. The Hall–Kier alpha value is -2.40. The number of amides is 1. The van der Waals surface area contributed by atoms with Crippen LogP contribution in [0.15, 0.2) is 48.8 Å². The molecule has 0 fully saturated rings. The first kappa shape index (κ1) is 17.9. The zero-order chi connectivity index (χ0) is 17.4. The smallest absolute Gasteiger partial charge is 0.251 e. The molecule has 5 nitrogen and oxygen atoms in total. The zero-order valence-corrected chi connectivity index (χ0v) is 14.1. The number of aliphatic hydroxyl groups is 1. The number of aliphatic hydroxyl groups excluding tert-OH is 1. The van der Waals surface area contributed by atoms with Crippen molar-refractivity contribution >= 4 is 5.91 Å². The van der Waals surface area contributed by atoms with Crippen LogP contribution in [0, 0.1) is 5.92 Å². The minimum atomic E-state index is -0.403. The topological polar surface area (TPSA) is 71.5 Å². The molecule has 128 valence electrons. The van der Waals surface area contributed by atoms with E-state index >= 15 is 0 Å². The van der Waals surface area contributed by atoms with Gasteiger partial charge in [0.2, 0.25) is 0 Å². The summed E-state index contributed by atoms with van der Waals surface area (Å²) in [5.74, 6) is 0.651. The molecule has 1 aromatic heterocycles. The van der Waals surface area contributed by atoms with Gasteiger partial charge in [0.05, 0.1) is 6.10 Å². The molecule has 0 saturated carbocycles. The maximum absolute atomic E-state index is 12.2. The molecule has 1 atom stereocenters. The first-order valence-electron chi connectivity index (χ1n) is 8.14. The average Bonchev–Trinajstić information content (AvgIpc) is 2.60. The van der Waals surface area contributed by atoms with E-state index in [1.165, 1.54) is 0 Å². The van der Waals surface area contributed by atoms with Crippen LogP contribution in [-0.2, 0) is 6.61 Å². The van der Waals surface area contributed by atoms with Crippen LogP contribution in [0.2, 0.25) is 0 Å². The molecule has 2 aromatic rings. The number of carbonyl (C=O) groups excluding carboxylic acids is 1. The lowest BCUT2D eigenvalue weighted by Crippen LogP contribution is -2.28. The molecule has 2 N–H and O–H groups in total. The largest absolute Gasteiger partial charge is 0.489 e. The lowest BCUT2D eigenvalue weighted by Gasteiger charge is -2.14. The predicted octanol–water partition coefficient (Wildman–Crippen LogP) is 2.80. The summed E-state index contributed by atoms with van der Waals surface area (Å²) in [6, 6.07) is 10.8. The molecule has 0 saturated heterocycles. The monoisotopic (exact) mass is 328 g/mol. The van der Waals surface area contributed by atoms with E-state index in [9.17, 15) is 9.90 Å². The van der Waals surface area contributed by atoms with Crippen LogP contribution in [0.25, 0.3) is 0 Å². The van der Waals surface area contributed by atoms with Crippen LogP contribution in [0.1, 0.15) is 36.2 Å². The van der Waals surface area contributed by atoms with E-state index in [0.29, 0.717) is 30.9 Å². The van der Waals surface area contributed by atoms with Gasteiger partial charge in [-0.2, -0.15) is 0 Å². The molecule has 1 amide bonds. The molecule has 0 radical (unpaired) electrons. The molecule has 1 unspecified atom stereocenters. The van der Waals surface area contributed by atoms with Crippen molar-refractivity contribution in [3.05, 3.63) is 59.9 Å². The summed E-state index contributed by atoms with van der Waals surface area (Å²) < 4.78 is 5.70. The van der Waals surface area contributed by atoms with Gasteiger partial charge < -0.3 is 15.2 Å². The van der Waals surface area contributed by atoms with E-state index in [1.54, 1.807) is 30.6 Å². The Balaban J connectivity index is 1.86. The van der Waals surface area contributed by atoms with Crippen molar-refractivity contribution in [1.82, 2.24) is 10.3 Å². The molecular weight excluding hydrogens is 304 g/mol. The number of hydrogen-bond acceptors (Lipinski definition) is 4. The molecule has 1 heterocycles. The zero-order valence-electron chi connectivity index (χ0n) is 14.1. The maximum atomic E-state index is 12.2. The van der Waals surface area contributed by atoms with Gasteiger partial charge in [0.15, 0.2) is 0 Å². The van der Waals surface area contributed by atoms with Gasteiger partial charge in [0.25, 0.3) is 5.91 Å². The van der Waals surface area contributed by atoms with Crippen LogP contribution in [-0.4, -0.2) is 28.6 Å². The van der Waals surface area contributed by atoms with E-state index < -0.39 is 6.10 Å². The number of nitrogens with zero attached hydrogens (tertiary/aromatic N) is 1. The molecule has 0 aliphatic rings. The van der Waals surface area contributed by atoms with E-state index in [1.807, 2.05) is 32.0 Å². The van der Waals surface area contributed by atoms with Gasteiger partial charge in [-0.25, -0.2) is 0 Å². The van der Waals surface area contributed by atoms with Crippen LogP contribution in [0.3, 0.4) is 0 Å². The van der Waals surface area contributed by atoms with Gasteiger partial charge >= 0.3 is 0 Å². The fourth-order valence-corrected chi connectivity index (χ4v) is 2.15. The lowest BCUT2D eigenvalue weighted by atomic mass is 10.0. The maximum Gasteiger partial charge on any atom is 0.251 e. The van der Waals surface area contributed by atoms with Gasteiger partial charge in [0.1, 0.15) is 12.4 Å². The summed E-state index contributed by atoms with van der Waals surface area (Å²) in [6.07, 6.45) is 3.60. The van der Waals surface area contributed by atoms with Crippen molar-refractivity contribution in [2.45, 2.75) is 33.0 Å². The minimum Gasteiger partial charge on any atom is -0.489 e. The molecule has 0 aliphatic carbocycles. The van der Waals surface area contributed by atoms with Crippen LogP contribution < -0.4 is 10.1 Å². The highest BCUT2D eigenvalue weighted by Crippen LogP contribution is 2.15. The molecule has 0 aliphatic heterocycles. The first-order valence-corrected chi connectivity index (χ1v) is 8.14. The normalized spacial score (nSPS) is 12.0. The Morgan fingerprint density at radius 2 is 2.12 bits per heavy atom. The lowest BCUT2D eigenvalue weighted by molar-refractivity contribution is 0.0919. The Kier molecular flexibility index (Phi) is 6.75. The quantitative estimate of drug-likeness (QED) is 0.782. The third-order valence-corrected chi connectivity index (χ3v) is 3.72. The number of benzene rings is 1. The van der Waals surface area contributed by atoms with Gasteiger partial charge in [0, 0.05) is 30.1 Å². The van der Waals surface area contributed by atoms with Crippen LogP contribution in [0.4, 0.5) is 0 Å². The van der Waals surface area contributed by atoms with Gasteiger partial charge in [-0.1, -0.05) is 26.0 Å². The molecule has 1 aromatic carbocycles. The molecule has 5 heteroatoms. The Labute approximate surface area is 142 Å². The van der Waals surface area contributed by atoms with Gasteiger partial charge in [-0.3, -0.25) is 9.78 Å². The van der Waals surface area contributed by atoms with Crippen molar-refractivity contribution in [2.75, 3.05) is 6.54 Å². The highest BCUT2D eigenvalue weighted by atomic mass is 16.5. The fraction of sp³-hybridized carbons (Fsp3) is 0.368. The second-order valence-corrected chi connectivity index (χ2v) is 6.03. The van der Waals surface area contributed by atoms with E-state index in [2.05, 4.69) is 10.3 Å². The first-order chi connectivity index (χ1) is 11.6. The van der Waals surface area contributed by atoms with E-state index in [0.717, 1.165) is 5.56 Å². The number of aromatic nitrogens is 1. The van der Waals surface area contributed by atoms with Gasteiger partial charge in [-0.05, 0) is 36.6 Å². The summed E-state index contributed by atoms with van der Waals surface area (Å²) in [4.78, 5) is 16.2. The Bertz CT molecular complexity index is 644. The van der Waals surface area contributed by atoms with Crippen molar-refractivity contribution in [3.8, 4) is 5.75 Å². The van der Waals surface area contributed by atoms with Crippen molar-refractivity contribution in [3.63, 3.8) is 0 Å². The highest BCUT2D eigenvalue weighted by molar-refractivity contribution is 5.94. The molecule has 24 heavy (non-hydrogen) atoms. The third kappa shape index (κ3) is 5.66. The van der Waals surface area contributed by atoms with Crippen LogP contribution >= 0.6 is 0 Å². The van der Waals surface area contributed by atoms with Crippen molar-refractivity contribution in [2.24, 2.45) is 5.92 Å². The average molecular weight is 328 g/mol. The predicted molar refractivity (Wildman–Crippen MR) is 92.8 cm³/mol. The minimum absolute atomic E-state index is 0.169. The summed E-state index contributed by atoms with van der Waals surface area (Å²) in [5, 5.41) is 12.6. The summed E-state index contributed by atoms with van der Waals surface area (Å²) in [7, 11) is 0. The summed E-state index contributed by atoms with van der Waals surface area (Å²) in [6.45, 7) is 4.75. The molecule has 2 rings (SSSR count). The van der Waals surface area contributed by atoms with Crippen molar-refractivity contribution in [1.29, 1.82) is 0 Å². The highest BCUT2D eigenvalue weighted by Gasteiger charge is 2.11. The summed E-state index contributed by atoms with van der Waals surface area (Å²) in [5.41, 5.74) is 1.51. The van der Waals surface area contributed by atoms with E-state index in [-0.39, 0.29) is 11.8 Å². The third-order valence-electron chi connectivity index (χ3n) is 3.72. The number of hydrogen-bond donors (Lipinski definition) is 2. The number of carbonyl (C=O) groups is 1. The van der Waals surface area contributed by atoms with Crippen molar-refractivity contribution < 1.29 is 14.6 Å². The van der Waals surface area contributed by atoms with Crippen LogP contribution in [0.5, 0.6) is 5.75 Å². The number of pyridine rings is 1. The summed E-state index contributed by atoms with van der Waals surface area (Å²) >= 11 is 0. The molecule has 0 bridgehead atoms. The number of ether oxygens (including phenoxy) is 1. The van der Waals surface area contributed by atoms with E-state index in [4.69, 9.17) is 4.74 Å². The molecule has 0 spiro atoms. The Morgan fingerprint density at radius 3 is 2.83 bits per heavy atom. The SMILES string of the molecule is CC(C)C(O)CCNC(=O)c1cccc(OCc2cccnc2)c1. The Morgan fingerprint density at radius 1 is 1.29 bits per heavy atom. The fourth-order valence-electron chi connectivity index (χ4n) is 2.15. The standard InChI is InChI=1S/C19H24N2O3/c1-14(2)18(22)8-10-21-19(23)16-6-3-7-17(11-16)24-13-15-5-4-9-20-12-15/h3-7,9,11-12,14,18,22H,8,10,13H2,1-2H3,(H,21,23). The second kappa shape index (κ2) is 9.03. The second-order valence-electron chi connectivity index (χ2n) is 6.03. The van der Waals surface area contributed by atoms with Gasteiger partial charge in [-0.15, -0.1) is 0 Å². The molecular formula is C19H24N2O3. The number of rotatable bonds is 8.